The van der Waals surface area contributed by atoms with E-state index in [9.17, 15) is 4.79 Å². The number of aliphatic hydroxyl groups is 1. The lowest BCUT2D eigenvalue weighted by Crippen LogP contribution is -2.14. The first-order chi connectivity index (χ1) is 6.21. The molecule has 0 atom stereocenters. The fourth-order valence-corrected chi connectivity index (χ4v) is 1.65. The highest BCUT2D eigenvalue weighted by Gasteiger charge is 2.49. The highest BCUT2D eigenvalue weighted by atomic mass is 16.4. The van der Waals surface area contributed by atoms with E-state index in [-0.39, 0.29) is 12.0 Å². The predicted octanol–water partition coefficient (Wildman–Crippen LogP) is 1.79. The van der Waals surface area contributed by atoms with Crippen molar-refractivity contribution in [1.29, 1.82) is 0 Å². The van der Waals surface area contributed by atoms with Crippen LogP contribution in [0, 0.1) is 5.41 Å². The number of hydrogen-bond donors (Lipinski definition) is 2. The molecule has 0 amide bonds. The van der Waals surface area contributed by atoms with E-state index in [2.05, 4.69) is 0 Å². The molecular formula is C10H18O3. The first kappa shape index (κ1) is 10.5. The van der Waals surface area contributed by atoms with E-state index in [1.807, 2.05) is 0 Å². The van der Waals surface area contributed by atoms with Crippen molar-refractivity contribution in [2.24, 2.45) is 5.41 Å². The van der Waals surface area contributed by atoms with Gasteiger partial charge < -0.3 is 10.2 Å². The van der Waals surface area contributed by atoms with Crippen LogP contribution in [-0.4, -0.2) is 22.8 Å². The molecule has 3 heteroatoms. The van der Waals surface area contributed by atoms with Crippen LogP contribution >= 0.6 is 0 Å². The molecule has 0 aromatic carbocycles. The third-order valence-electron chi connectivity index (χ3n) is 2.87. The van der Waals surface area contributed by atoms with Crippen LogP contribution in [0.2, 0.25) is 0 Å². The third-order valence-corrected chi connectivity index (χ3v) is 2.87. The van der Waals surface area contributed by atoms with Crippen LogP contribution in [0.4, 0.5) is 0 Å². The van der Waals surface area contributed by atoms with Gasteiger partial charge in [-0.15, -0.1) is 0 Å². The Morgan fingerprint density at radius 1 is 1.15 bits per heavy atom. The van der Waals surface area contributed by atoms with Gasteiger partial charge in [0.15, 0.2) is 0 Å². The van der Waals surface area contributed by atoms with Gasteiger partial charge in [-0.2, -0.15) is 0 Å². The molecule has 0 radical (unpaired) electrons. The quantitative estimate of drug-likeness (QED) is 0.596. The minimum atomic E-state index is -0.616. The molecule has 0 spiro atoms. The van der Waals surface area contributed by atoms with Gasteiger partial charge in [-0.1, -0.05) is 19.3 Å². The van der Waals surface area contributed by atoms with E-state index in [1.165, 1.54) is 0 Å². The topological polar surface area (TPSA) is 57.5 Å². The van der Waals surface area contributed by atoms with E-state index >= 15 is 0 Å². The normalized spacial score (nSPS) is 18.5. The number of carboxylic acid groups (broad SMARTS) is 1. The zero-order chi connectivity index (χ0) is 9.73. The Hall–Kier alpha value is -0.570. The van der Waals surface area contributed by atoms with Crippen LogP contribution in [0.25, 0.3) is 0 Å². The highest BCUT2D eigenvalue weighted by Crippen LogP contribution is 2.50. The standard InChI is InChI=1S/C10H18O3/c11-8-4-2-1-3-5-10(6-7-10)9(12)13/h11H,1-8H2,(H,12,13). The predicted molar refractivity (Wildman–Crippen MR) is 49.5 cm³/mol. The summed E-state index contributed by atoms with van der Waals surface area (Å²) >= 11 is 0. The average molecular weight is 186 g/mol. The number of carbonyl (C=O) groups is 1. The first-order valence-corrected chi connectivity index (χ1v) is 5.05. The van der Waals surface area contributed by atoms with Crippen molar-refractivity contribution in [1.82, 2.24) is 0 Å². The molecule has 0 aromatic heterocycles. The van der Waals surface area contributed by atoms with E-state index in [1.54, 1.807) is 0 Å². The molecule has 1 rings (SSSR count). The van der Waals surface area contributed by atoms with Crippen LogP contribution in [0.15, 0.2) is 0 Å². The van der Waals surface area contributed by atoms with Gasteiger partial charge >= 0.3 is 5.97 Å². The van der Waals surface area contributed by atoms with Gasteiger partial charge in [-0.25, -0.2) is 0 Å². The Kier molecular flexibility index (Phi) is 3.72. The minimum Gasteiger partial charge on any atom is -0.481 e. The first-order valence-electron chi connectivity index (χ1n) is 5.05. The van der Waals surface area contributed by atoms with E-state index in [0.29, 0.717) is 0 Å². The molecule has 0 heterocycles. The Bertz CT molecular complexity index is 173. The van der Waals surface area contributed by atoms with Crippen molar-refractivity contribution >= 4 is 5.97 Å². The van der Waals surface area contributed by atoms with Crippen LogP contribution in [-0.2, 0) is 4.79 Å². The summed E-state index contributed by atoms with van der Waals surface area (Å²) in [6, 6.07) is 0. The molecule has 0 unspecified atom stereocenters. The molecule has 1 fully saturated rings. The molecule has 2 N–H and O–H groups in total. The van der Waals surface area contributed by atoms with Crippen LogP contribution in [0.3, 0.4) is 0 Å². The average Bonchev–Trinajstić information content (AvgIpc) is 2.85. The van der Waals surface area contributed by atoms with Crippen LogP contribution in [0.5, 0.6) is 0 Å². The Balaban J connectivity index is 2.03. The number of unbranched alkanes of at least 4 members (excludes halogenated alkanes) is 3. The largest absolute Gasteiger partial charge is 0.481 e. The number of rotatable bonds is 7. The smallest absolute Gasteiger partial charge is 0.309 e. The zero-order valence-corrected chi connectivity index (χ0v) is 7.96. The van der Waals surface area contributed by atoms with E-state index < -0.39 is 5.97 Å². The number of carboxylic acids is 1. The van der Waals surface area contributed by atoms with Crippen LogP contribution < -0.4 is 0 Å². The van der Waals surface area contributed by atoms with Gasteiger partial charge in [-0.05, 0) is 25.7 Å². The lowest BCUT2D eigenvalue weighted by molar-refractivity contribution is -0.143. The summed E-state index contributed by atoms with van der Waals surface area (Å²) in [5.74, 6) is -0.616. The van der Waals surface area contributed by atoms with Crippen molar-refractivity contribution in [2.45, 2.75) is 44.9 Å². The molecule has 0 aromatic rings. The van der Waals surface area contributed by atoms with Gasteiger partial charge in [0, 0.05) is 6.61 Å². The van der Waals surface area contributed by atoms with Crippen molar-refractivity contribution in [3.63, 3.8) is 0 Å². The summed E-state index contributed by atoms with van der Waals surface area (Å²) in [7, 11) is 0. The summed E-state index contributed by atoms with van der Waals surface area (Å²) in [4.78, 5) is 10.8. The lowest BCUT2D eigenvalue weighted by atomic mass is 9.98. The Morgan fingerprint density at radius 2 is 1.77 bits per heavy atom. The summed E-state index contributed by atoms with van der Waals surface area (Å²) in [6.45, 7) is 0.254. The maximum Gasteiger partial charge on any atom is 0.309 e. The summed E-state index contributed by atoms with van der Waals surface area (Å²) in [5, 5.41) is 17.4. The van der Waals surface area contributed by atoms with Gasteiger partial charge in [0.05, 0.1) is 5.41 Å². The molecule has 1 aliphatic rings. The van der Waals surface area contributed by atoms with Gasteiger partial charge in [0.25, 0.3) is 0 Å². The zero-order valence-electron chi connectivity index (χ0n) is 7.96. The van der Waals surface area contributed by atoms with E-state index in [0.717, 1.165) is 44.9 Å². The number of aliphatic hydroxyl groups excluding tert-OH is 1. The summed E-state index contributed by atoms with van der Waals surface area (Å²) in [6.07, 6.45) is 6.46. The maximum absolute atomic E-state index is 10.8. The van der Waals surface area contributed by atoms with Gasteiger partial charge in [0.1, 0.15) is 0 Å². The molecule has 3 nitrogen and oxygen atoms in total. The Morgan fingerprint density at radius 3 is 2.23 bits per heavy atom. The van der Waals surface area contributed by atoms with Gasteiger partial charge in [0.2, 0.25) is 0 Å². The second kappa shape index (κ2) is 4.61. The van der Waals surface area contributed by atoms with Crippen molar-refractivity contribution in [3.05, 3.63) is 0 Å². The monoisotopic (exact) mass is 186 g/mol. The van der Waals surface area contributed by atoms with Gasteiger partial charge in [-0.3, -0.25) is 4.79 Å². The van der Waals surface area contributed by atoms with Crippen LogP contribution in [0.1, 0.15) is 44.9 Å². The fraction of sp³-hybridized carbons (Fsp3) is 0.900. The molecule has 13 heavy (non-hydrogen) atoms. The number of aliphatic carboxylic acids is 1. The second-order valence-electron chi connectivity index (χ2n) is 3.97. The molecule has 1 aliphatic carbocycles. The third kappa shape index (κ3) is 2.99. The maximum atomic E-state index is 10.8. The van der Waals surface area contributed by atoms with Crippen molar-refractivity contribution in [3.8, 4) is 0 Å². The molecule has 0 aliphatic heterocycles. The molecule has 0 bridgehead atoms. The Labute approximate surface area is 78.8 Å². The van der Waals surface area contributed by atoms with Crippen molar-refractivity contribution < 1.29 is 15.0 Å². The second-order valence-corrected chi connectivity index (χ2v) is 3.97. The minimum absolute atomic E-state index is 0.254. The lowest BCUT2D eigenvalue weighted by Gasteiger charge is -2.08. The SMILES string of the molecule is O=C(O)C1(CCCCCCO)CC1. The summed E-state index contributed by atoms with van der Waals surface area (Å²) < 4.78 is 0. The highest BCUT2D eigenvalue weighted by molar-refractivity contribution is 5.77. The molecule has 76 valence electrons. The van der Waals surface area contributed by atoms with Crippen molar-refractivity contribution in [2.75, 3.05) is 6.61 Å². The molecule has 0 saturated heterocycles. The number of hydrogen-bond acceptors (Lipinski definition) is 2. The summed E-state index contributed by atoms with van der Waals surface area (Å²) in [5.41, 5.74) is -0.348. The molecule has 1 saturated carbocycles. The van der Waals surface area contributed by atoms with E-state index in [4.69, 9.17) is 10.2 Å². The fourth-order valence-electron chi connectivity index (χ4n) is 1.65. The molecular weight excluding hydrogens is 168 g/mol.